The van der Waals surface area contributed by atoms with Crippen molar-refractivity contribution in [2.75, 3.05) is 20.3 Å². The zero-order valence-electron chi connectivity index (χ0n) is 25.9. The summed E-state index contributed by atoms with van der Waals surface area (Å²) >= 11 is 0. The second-order valence-electron chi connectivity index (χ2n) is 8.69. The SMILES string of the molecule is C=C(C)C(=O)OC.C=C(C)C(=O)OCCO.C=C(C)c1ccccc1.C=C(CCCC)C(=O)O.C=Cc1ccccc1. The number of hydrogen-bond acceptors (Lipinski definition) is 6. The van der Waals surface area contributed by atoms with Crippen molar-refractivity contribution in [1.29, 1.82) is 0 Å². The van der Waals surface area contributed by atoms with E-state index in [1.807, 2.05) is 68.5 Å². The van der Waals surface area contributed by atoms with Gasteiger partial charge in [0.05, 0.1) is 13.7 Å². The Kier molecular flexibility index (Phi) is 28.0. The lowest BCUT2D eigenvalue weighted by Crippen LogP contribution is -2.08. The van der Waals surface area contributed by atoms with Gasteiger partial charge in [-0.1, -0.05) is 119 Å². The number of aliphatic hydroxyl groups is 1. The molecule has 2 N–H and O–H groups in total. The van der Waals surface area contributed by atoms with Gasteiger partial charge in [-0.2, -0.15) is 0 Å². The van der Waals surface area contributed by atoms with Crippen molar-refractivity contribution in [1.82, 2.24) is 0 Å². The standard InChI is InChI=1S/C9H10.C8H8.C7H12O2.C6H10O3.C5H8O2/c1-8(2)9-6-4-3-5-7-9;1-2-8-6-4-3-5-7-8;1-3-4-5-6(2)7(8)9;1-5(2)6(8)9-4-3-7;1-4(2)5(6)7-3/h3-7H,1H2,2H3;2-7H,1H2;2-5H2,1H3,(H,8,9);7H,1,3-4H2,2H3;1H2,2-3H3. The average molecular weight is 581 g/mol. The number of carboxylic acid groups (broad SMARTS) is 1. The fourth-order valence-electron chi connectivity index (χ4n) is 2.24. The third-order valence-corrected chi connectivity index (χ3v) is 4.64. The third kappa shape index (κ3) is 27.1. The van der Waals surface area contributed by atoms with Crippen LogP contribution in [0.4, 0.5) is 0 Å². The predicted molar refractivity (Wildman–Crippen MR) is 174 cm³/mol. The molecular weight excluding hydrogens is 532 g/mol. The number of carbonyl (C=O) groups excluding carboxylic acids is 2. The van der Waals surface area contributed by atoms with Gasteiger partial charge in [-0.3, -0.25) is 0 Å². The minimum Gasteiger partial charge on any atom is -0.478 e. The number of rotatable bonds is 10. The number of ether oxygens (including phenoxy) is 2. The number of allylic oxidation sites excluding steroid dienone is 1. The van der Waals surface area contributed by atoms with Gasteiger partial charge in [-0.05, 0) is 44.7 Å². The van der Waals surface area contributed by atoms with E-state index in [9.17, 15) is 14.4 Å². The lowest BCUT2D eigenvalue weighted by atomic mass is 10.1. The second-order valence-corrected chi connectivity index (χ2v) is 8.69. The molecule has 2 aromatic rings. The topological polar surface area (TPSA) is 110 Å². The van der Waals surface area contributed by atoms with Crippen molar-refractivity contribution in [3.63, 3.8) is 0 Å². The Morgan fingerprint density at radius 2 is 1.31 bits per heavy atom. The smallest absolute Gasteiger partial charge is 0.333 e. The summed E-state index contributed by atoms with van der Waals surface area (Å²) in [5.74, 6) is -1.67. The van der Waals surface area contributed by atoms with Gasteiger partial charge in [0, 0.05) is 16.7 Å². The molecule has 0 bridgehead atoms. The molecular formula is C35H48O7. The van der Waals surface area contributed by atoms with Gasteiger partial charge < -0.3 is 19.7 Å². The fraction of sp³-hybridized carbons (Fsp3) is 0.286. The third-order valence-electron chi connectivity index (χ3n) is 4.64. The van der Waals surface area contributed by atoms with Crippen LogP contribution < -0.4 is 0 Å². The number of aliphatic carboxylic acids is 1. The molecule has 230 valence electrons. The molecule has 0 atom stereocenters. The van der Waals surface area contributed by atoms with Crippen LogP contribution in [0.5, 0.6) is 0 Å². The molecule has 0 saturated carbocycles. The van der Waals surface area contributed by atoms with Crippen molar-refractivity contribution >= 4 is 29.6 Å². The molecule has 0 aliphatic carbocycles. The normalized spacial score (nSPS) is 8.62. The van der Waals surface area contributed by atoms with Gasteiger partial charge >= 0.3 is 17.9 Å². The largest absolute Gasteiger partial charge is 0.478 e. The van der Waals surface area contributed by atoms with Crippen molar-refractivity contribution in [2.24, 2.45) is 0 Å². The van der Waals surface area contributed by atoms with Crippen LogP contribution in [0, 0.1) is 0 Å². The average Bonchev–Trinajstić information content (AvgIpc) is 3.00. The molecule has 0 fully saturated rings. The Morgan fingerprint density at radius 3 is 1.57 bits per heavy atom. The Labute approximate surface area is 252 Å². The van der Waals surface area contributed by atoms with Crippen molar-refractivity contribution in [2.45, 2.75) is 47.0 Å². The number of aliphatic hydroxyl groups excluding tert-OH is 1. The van der Waals surface area contributed by atoms with E-state index in [0.29, 0.717) is 23.1 Å². The molecule has 0 heterocycles. The molecule has 0 amide bonds. The Morgan fingerprint density at radius 1 is 0.833 bits per heavy atom. The van der Waals surface area contributed by atoms with Crippen molar-refractivity contribution in [3.8, 4) is 0 Å². The van der Waals surface area contributed by atoms with Gasteiger partial charge in [-0.25, -0.2) is 14.4 Å². The Bertz CT molecular complexity index is 1070. The molecule has 0 saturated heterocycles. The maximum atomic E-state index is 10.5. The first-order valence-corrected chi connectivity index (χ1v) is 13.3. The van der Waals surface area contributed by atoms with Crippen LogP contribution in [0.1, 0.15) is 58.1 Å². The highest BCUT2D eigenvalue weighted by molar-refractivity contribution is 5.87. The number of carbonyl (C=O) groups is 3. The van der Waals surface area contributed by atoms with Gasteiger partial charge in [0.15, 0.2) is 0 Å². The molecule has 2 rings (SSSR count). The summed E-state index contributed by atoms with van der Waals surface area (Å²) in [6.45, 7) is 24.6. The van der Waals surface area contributed by atoms with E-state index in [1.165, 1.54) is 18.2 Å². The quantitative estimate of drug-likeness (QED) is 0.219. The predicted octanol–water partition coefficient (Wildman–Crippen LogP) is 7.70. The van der Waals surface area contributed by atoms with E-state index >= 15 is 0 Å². The maximum absolute atomic E-state index is 10.5. The second kappa shape index (κ2) is 28.1. The van der Waals surface area contributed by atoms with Crippen LogP contribution in [-0.4, -0.2) is 48.4 Å². The molecule has 0 aromatic heterocycles. The lowest BCUT2D eigenvalue weighted by Gasteiger charge is -1.99. The minimum atomic E-state index is -0.872. The first kappa shape index (κ1) is 42.0. The molecule has 7 nitrogen and oxygen atoms in total. The summed E-state index contributed by atoms with van der Waals surface area (Å²) < 4.78 is 8.74. The number of carboxylic acids is 1. The van der Waals surface area contributed by atoms with Crippen LogP contribution in [0.2, 0.25) is 0 Å². The van der Waals surface area contributed by atoms with E-state index in [2.05, 4.69) is 54.5 Å². The summed E-state index contributed by atoms with van der Waals surface area (Å²) in [6, 6.07) is 20.2. The van der Waals surface area contributed by atoms with Gasteiger partial charge in [0.1, 0.15) is 6.61 Å². The van der Waals surface area contributed by atoms with Gasteiger partial charge in [-0.15, -0.1) is 0 Å². The highest BCUT2D eigenvalue weighted by Gasteiger charge is 2.01. The summed E-state index contributed by atoms with van der Waals surface area (Å²) in [4.78, 5) is 30.8. The molecule has 7 heteroatoms. The van der Waals surface area contributed by atoms with Crippen molar-refractivity contribution in [3.05, 3.63) is 121 Å². The minimum absolute atomic E-state index is 0.0473. The molecule has 2 aromatic carbocycles. The van der Waals surface area contributed by atoms with E-state index in [-0.39, 0.29) is 19.2 Å². The van der Waals surface area contributed by atoms with Crippen LogP contribution in [0.15, 0.2) is 110 Å². The van der Waals surface area contributed by atoms with Crippen LogP contribution in [0.25, 0.3) is 11.6 Å². The number of unbranched alkanes of at least 4 members (excludes halogenated alkanes) is 1. The van der Waals surface area contributed by atoms with Gasteiger partial charge in [0.25, 0.3) is 0 Å². The molecule has 0 radical (unpaired) electrons. The van der Waals surface area contributed by atoms with E-state index in [4.69, 9.17) is 10.2 Å². The monoisotopic (exact) mass is 580 g/mol. The van der Waals surface area contributed by atoms with E-state index < -0.39 is 11.9 Å². The first-order chi connectivity index (χ1) is 19.8. The number of benzene rings is 2. The zero-order chi connectivity index (χ0) is 32.9. The molecule has 0 unspecified atom stereocenters. The van der Waals surface area contributed by atoms with Gasteiger partial charge in [0.2, 0.25) is 0 Å². The first-order valence-electron chi connectivity index (χ1n) is 13.3. The summed E-state index contributed by atoms with van der Waals surface area (Å²) in [7, 11) is 1.33. The van der Waals surface area contributed by atoms with Crippen molar-refractivity contribution < 1.29 is 34.1 Å². The molecule has 42 heavy (non-hydrogen) atoms. The van der Waals surface area contributed by atoms with Crippen LogP contribution in [0.3, 0.4) is 0 Å². The molecule has 0 aliphatic heterocycles. The summed E-state index contributed by atoms with van der Waals surface area (Å²) in [5, 5.41) is 16.5. The number of methoxy groups -OCH3 is 1. The van der Waals surface area contributed by atoms with Crippen LogP contribution in [-0.2, 0) is 23.9 Å². The van der Waals surface area contributed by atoms with E-state index in [0.717, 1.165) is 18.4 Å². The fourth-order valence-corrected chi connectivity index (χ4v) is 2.24. The Hall–Kier alpha value is -4.49. The lowest BCUT2D eigenvalue weighted by molar-refractivity contribution is -0.140. The Balaban J connectivity index is -0.000000454. The summed E-state index contributed by atoms with van der Waals surface area (Å²) in [6.07, 6.45) is 4.39. The molecule has 0 spiro atoms. The maximum Gasteiger partial charge on any atom is 0.333 e. The van der Waals surface area contributed by atoms with E-state index in [1.54, 1.807) is 13.8 Å². The number of hydrogen-bond donors (Lipinski definition) is 2. The highest BCUT2D eigenvalue weighted by Crippen LogP contribution is 2.08. The highest BCUT2D eigenvalue weighted by atomic mass is 16.5. The number of esters is 2. The molecule has 0 aliphatic rings. The summed E-state index contributed by atoms with van der Waals surface area (Å²) in [5.41, 5.74) is 4.61. The van der Waals surface area contributed by atoms with Crippen LogP contribution >= 0.6 is 0 Å². The zero-order valence-corrected chi connectivity index (χ0v) is 25.9.